The van der Waals surface area contributed by atoms with E-state index in [2.05, 4.69) is 20.9 Å². The molecule has 120 valence electrons. The van der Waals surface area contributed by atoms with Crippen LogP contribution in [0.4, 0.5) is 5.82 Å². The van der Waals surface area contributed by atoms with Crippen LogP contribution in [-0.4, -0.2) is 48.4 Å². The average Bonchev–Trinajstić information content (AvgIpc) is 3.05. The first kappa shape index (κ1) is 14.5. The van der Waals surface area contributed by atoms with Gasteiger partial charge >= 0.3 is 0 Å². The first-order valence-corrected chi connectivity index (χ1v) is 8.27. The third-order valence-electron chi connectivity index (χ3n) is 4.86. The molecule has 4 rings (SSSR count). The highest BCUT2D eigenvalue weighted by Crippen LogP contribution is 2.27. The Bertz CT molecular complexity index is 675. The Morgan fingerprint density at radius 1 is 1.13 bits per heavy atom. The van der Waals surface area contributed by atoms with E-state index in [0.717, 1.165) is 56.3 Å². The number of rotatable bonds is 3. The minimum atomic E-state index is 0.233. The standard InChI is InChI=1S/C18H21N3O2/c22-16-11-14(12-17-15(16)4-10-23-17)13-20-6-8-21(9-7-20)18-3-1-2-5-19-18/h1-5,10,14H,6-9,11-13H2/t14-/m1/s1. The minimum Gasteiger partial charge on any atom is -0.469 e. The van der Waals surface area contributed by atoms with Crippen LogP contribution in [0.25, 0.3) is 0 Å². The molecule has 2 aliphatic rings. The molecule has 3 heterocycles. The maximum atomic E-state index is 12.1. The van der Waals surface area contributed by atoms with Crippen LogP contribution in [0.15, 0.2) is 41.1 Å². The molecule has 0 radical (unpaired) electrons. The minimum absolute atomic E-state index is 0.233. The van der Waals surface area contributed by atoms with E-state index in [-0.39, 0.29) is 5.78 Å². The van der Waals surface area contributed by atoms with Gasteiger partial charge in [0.15, 0.2) is 5.78 Å². The van der Waals surface area contributed by atoms with Gasteiger partial charge in [-0.2, -0.15) is 0 Å². The van der Waals surface area contributed by atoms with E-state index in [9.17, 15) is 4.79 Å². The summed E-state index contributed by atoms with van der Waals surface area (Å²) in [7, 11) is 0. The number of fused-ring (bicyclic) bond motifs is 1. The predicted octanol–water partition coefficient (Wildman–Crippen LogP) is 2.24. The third kappa shape index (κ3) is 3.01. The zero-order valence-electron chi connectivity index (χ0n) is 13.1. The fourth-order valence-corrected chi connectivity index (χ4v) is 3.65. The molecule has 0 spiro atoms. The van der Waals surface area contributed by atoms with Crippen molar-refractivity contribution in [1.29, 1.82) is 0 Å². The summed E-state index contributed by atoms with van der Waals surface area (Å²) in [4.78, 5) is 21.4. The molecule has 5 nitrogen and oxygen atoms in total. The number of ketones is 1. The van der Waals surface area contributed by atoms with Gasteiger partial charge in [0.05, 0.1) is 11.8 Å². The van der Waals surface area contributed by atoms with E-state index in [1.807, 2.05) is 18.3 Å². The predicted molar refractivity (Wildman–Crippen MR) is 87.7 cm³/mol. The van der Waals surface area contributed by atoms with E-state index in [1.54, 1.807) is 12.3 Å². The average molecular weight is 311 g/mol. The van der Waals surface area contributed by atoms with Crippen molar-refractivity contribution in [2.45, 2.75) is 12.8 Å². The van der Waals surface area contributed by atoms with Crippen LogP contribution < -0.4 is 4.90 Å². The highest BCUT2D eigenvalue weighted by molar-refractivity contribution is 5.98. The summed E-state index contributed by atoms with van der Waals surface area (Å²) < 4.78 is 5.46. The van der Waals surface area contributed by atoms with Crippen molar-refractivity contribution in [3.63, 3.8) is 0 Å². The number of hydrogen-bond acceptors (Lipinski definition) is 5. The second-order valence-electron chi connectivity index (χ2n) is 6.43. The highest BCUT2D eigenvalue weighted by atomic mass is 16.3. The smallest absolute Gasteiger partial charge is 0.166 e. The normalized spacial score (nSPS) is 22.2. The lowest BCUT2D eigenvalue weighted by Crippen LogP contribution is -2.48. The monoisotopic (exact) mass is 311 g/mol. The zero-order chi connectivity index (χ0) is 15.6. The van der Waals surface area contributed by atoms with Crippen molar-refractivity contribution in [1.82, 2.24) is 9.88 Å². The number of Topliss-reactive ketones (excluding diaryl/α,β-unsaturated/α-hetero) is 1. The molecule has 1 atom stereocenters. The van der Waals surface area contributed by atoms with Gasteiger partial charge < -0.3 is 9.32 Å². The summed E-state index contributed by atoms with van der Waals surface area (Å²) in [6.07, 6.45) is 5.01. The van der Waals surface area contributed by atoms with Crippen molar-refractivity contribution >= 4 is 11.6 Å². The van der Waals surface area contributed by atoms with Crippen LogP contribution >= 0.6 is 0 Å². The molecule has 1 aliphatic heterocycles. The van der Waals surface area contributed by atoms with E-state index < -0.39 is 0 Å². The summed E-state index contributed by atoms with van der Waals surface area (Å²) >= 11 is 0. The summed E-state index contributed by atoms with van der Waals surface area (Å²) in [6, 6.07) is 7.85. The summed E-state index contributed by atoms with van der Waals surface area (Å²) in [5.74, 6) is 2.54. The largest absolute Gasteiger partial charge is 0.469 e. The number of nitrogens with zero attached hydrogens (tertiary/aromatic N) is 3. The Morgan fingerprint density at radius 2 is 2.00 bits per heavy atom. The highest BCUT2D eigenvalue weighted by Gasteiger charge is 2.29. The lowest BCUT2D eigenvalue weighted by molar-refractivity contribution is 0.0922. The van der Waals surface area contributed by atoms with Crippen LogP contribution in [0.2, 0.25) is 0 Å². The Balaban J connectivity index is 1.33. The zero-order valence-corrected chi connectivity index (χ0v) is 13.1. The molecule has 1 aliphatic carbocycles. The molecule has 0 saturated carbocycles. The van der Waals surface area contributed by atoms with E-state index in [0.29, 0.717) is 12.3 Å². The van der Waals surface area contributed by atoms with Gasteiger partial charge in [0.1, 0.15) is 11.6 Å². The topological polar surface area (TPSA) is 49.6 Å². The quantitative estimate of drug-likeness (QED) is 0.870. The molecule has 0 bridgehead atoms. The first-order valence-electron chi connectivity index (χ1n) is 8.27. The first-order chi connectivity index (χ1) is 11.3. The van der Waals surface area contributed by atoms with Crippen molar-refractivity contribution in [2.24, 2.45) is 5.92 Å². The molecule has 1 saturated heterocycles. The van der Waals surface area contributed by atoms with Gasteiger partial charge in [-0.25, -0.2) is 4.98 Å². The molecule has 1 fully saturated rings. The van der Waals surface area contributed by atoms with Gasteiger partial charge in [0.25, 0.3) is 0 Å². The van der Waals surface area contributed by atoms with Gasteiger partial charge in [-0.05, 0) is 24.1 Å². The van der Waals surface area contributed by atoms with Crippen molar-refractivity contribution in [3.05, 3.63) is 48.0 Å². The maximum Gasteiger partial charge on any atom is 0.166 e. The number of pyridine rings is 1. The molecule has 2 aromatic rings. The number of furan rings is 1. The number of anilines is 1. The van der Waals surface area contributed by atoms with Crippen molar-refractivity contribution < 1.29 is 9.21 Å². The Morgan fingerprint density at radius 3 is 2.78 bits per heavy atom. The van der Waals surface area contributed by atoms with E-state index >= 15 is 0 Å². The van der Waals surface area contributed by atoms with Crippen LogP contribution in [-0.2, 0) is 6.42 Å². The van der Waals surface area contributed by atoms with Gasteiger partial charge in [-0.15, -0.1) is 0 Å². The second kappa shape index (κ2) is 6.16. The fourth-order valence-electron chi connectivity index (χ4n) is 3.65. The van der Waals surface area contributed by atoms with Gasteiger partial charge in [-0.1, -0.05) is 6.07 Å². The van der Waals surface area contributed by atoms with Crippen molar-refractivity contribution in [3.8, 4) is 0 Å². The lowest BCUT2D eigenvalue weighted by Gasteiger charge is -2.37. The molecule has 23 heavy (non-hydrogen) atoms. The Hall–Kier alpha value is -2.14. The van der Waals surface area contributed by atoms with Crippen LogP contribution in [0.3, 0.4) is 0 Å². The summed E-state index contributed by atoms with van der Waals surface area (Å²) in [5, 5.41) is 0. The Kier molecular flexibility index (Phi) is 3.87. The van der Waals surface area contributed by atoms with Crippen LogP contribution in [0.5, 0.6) is 0 Å². The Labute approximate surface area is 135 Å². The molecule has 0 unspecified atom stereocenters. The molecule has 0 N–H and O–H groups in total. The van der Waals surface area contributed by atoms with Gasteiger partial charge in [-0.3, -0.25) is 9.69 Å². The summed E-state index contributed by atoms with van der Waals surface area (Å²) in [5.41, 5.74) is 0.793. The van der Waals surface area contributed by atoms with E-state index in [4.69, 9.17) is 4.42 Å². The van der Waals surface area contributed by atoms with Crippen LogP contribution in [0.1, 0.15) is 22.5 Å². The number of hydrogen-bond donors (Lipinski definition) is 0. The van der Waals surface area contributed by atoms with E-state index in [1.165, 1.54) is 0 Å². The number of carbonyl (C=O) groups excluding carboxylic acids is 1. The fraction of sp³-hybridized carbons (Fsp3) is 0.444. The molecule has 0 amide bonds. The number of piperazine rings is 1. The summed E-state index contributed by atoms with van der Waals surface area (Å²) in [6.45, 7) is 4.99. The lowest BCUT2D eigenvalue weighted by atomic mass is 9.87. The molecule has 2 aromatic heterocycles. The van der Waals surface area contributed by atoms with Gasteiger partial charge in [0, 0.05) is 51.8 Å². The maximum absolute atomic E-state index is 12.1. The third-order valence-corrected chi connectivity index (χ3v) is 4.86. The van der Waals surface area contributed by atoms with Crippen LogP contribution in [0, 0.1) is 5.92 Å². The SMILES string of the molecule is O=C1C[C@@H](CN2CCN(c3ccccn3)CC2)Cc2occc21. The molecular formula is C18H21N3O2. The molecular weight excluding hydrogens is 290 g/mol. The number of aromatic nitrogens is 1. The van der Waals surface area contributed by atoms with Crippen molar-refractivity contribution in [2.75, 3.05) is 37.6 Å². The molecule has 5 heteroatoms. The second-order valence-corrected chi connectivity index (χ2v) is 6.43. The number of carbonyl (C=O) groups is 1. The molecule has 0 aromatic carbocycles. The van der Waals surface area contributed by atoms with Gasteiger partial charge in [0.2, 0.25) is 0 Å².